The van der Waals surface area contributed by atoms with Gasteiger partial charge < -0.3 is 10.6 Å². The lowest BCUT2D eigenvalue weighted by Crippen LogP contribution is -2.29. The molecule has 128 valence electrons. The van der Waals surface area contributed by atoms with Crippen molar-refractivity contribution in [1.29, 1.82) is 0 Å². The summed E-state index contributed by atoms with van der Waals surface area (Å²) in [6, 6.07) is 8.60. The SMILES string of the molecule is CCc1ccccc1CCN1C[C@H](C(N)=O)[C@@H](c2cnn(C)c2)C1. The van der Waals surface area contributed by atoms with Crippen molar-refractivity contribution >= 4 is 5.91 Å². The van der Waals surface area contributed by atoms with Gasteiger partial charge in [0.2, 0.25) is 5.91 Å². The molecule has 0 aliphatic carbocycles. The second kappa shape index (κ2) is 7.18. The van der Waals surface area contributed by atoms with Crippen LogP contribution in [-0.2, 0) is 24.7 Å². The Kier molecular flexibility index (Phi) is 5.00. The molecular weight excluding hydrogens is 300 g/mol. The summed E-state index contributed by atoms with van der Waals surface area (Å²) in [4.78, 5) is 14.2. The van der Waals surface area contributed by atoms with Gasteiger partial charge in [-0.15, -0.1) is 0 Å². The number of hydrogen-bond acceptors (Lipinski definition) is 3. The molecule has 2 N–H and O–H groups in total. The quantitative estimate of drug-likeness (QED) is 0.879. The number of nitrogens with zero attached hydrogens (tertiary/aromatic N) is 3. The topological polar surface area (TPSA) is 64.2 Å². The summed E-state index contributed by atoms with van der Waals surface area (Å²) >= 11 is 0. The van der Waals surface area contributed by atoms with Crippen LogP contribution in [0.15, 0.2) is 36.7 Å². The maximum Gasteiger partial charge on any atom is 0.222 e. The van der Waals surface area contributed by atoms with Crippen molar-refractivity contribution in [1.82, 2.24) is 14.7 Å². The molecule has 1 aliphatic heterocycles. The summed E-state index contributed by atoms with van der Waals surface area (Å²) in [6.07, 6.45) is 5.92. The third kappa shape index (κ3) is 3.51. The molecule has 1 aromatic carbocycles. The van der Waals surface area contributed by atoms with Crippen LogP contribution in [0, 0.1) is 5.92 Å². The minimum atomic E-state index is -0.208. The fourth-order valence-corrected chi connectivity index (χ4v) is 3.75. The first kappa shape index (κ1) is 16.7. The largest absolute Gasteiger partial charge is 0.369 e. The molecule has 2 aromatic rings. The zero-order valence-corrected chi connectivity index (χ0v) is 14.5. The molecule has 0 spiro atoms. The van der Waals surface area contributed by atoms with Crippen molar-refractivity contribution in [3.63, 3.8) is 0 Å². The van der Waals surface area contributed by atoms with Crippen LogP contribution in [0.3, 0.4) is 0 Å². The molecule has 0 saturated carbocycles. The van der Waals surface area contributed by atoms with E-state index < -0.39 is 0 Å². The number of aromatic nitrogens is 2. The Labute approximate surface area is 143 Å². The molecule has 0 radical (unpaired) electrons. The Hall–Kier alpha value is -2.14. The fourth-order valence-electron chi connectivity index (χ4n) is 3.75. The molecule has 24 heavy (non-hydrogen) atoms. The fraction of sp³-hybridized carbons (Fsp3) is 0.474. The molecule has 2 atom stereocenters. The summed E-state index contributed by atoms with van der Waals surface area (Å²) in [5.41, 5.74) is 9.58. The van der Waals surface area contributed by atoms with Gasteiger partial charge >= 0.3 is 0 Å². The minimum Gasteiger partial charge on any atom is -0.369 e. The lowest BCUT2D eigenvalue weighted by molar-refractivity contribution is -0.121. The van der Waals surface area contributed by atoms with Gasteiger partial charge in [-0.3, -0.25) is 9.48 Å². The second-order valence-corrected chi connectivity index (χ2v) is 6.69. The van der Waals surface area contributed by atoms with E-state index in [-0.39, 0.29) is 17.7 Å². The first-order valence-corrected chi connectivity index (χ1v) is 8.65. The van der Waals surface area contributed by atoms with Crippen molar-refractivity contribution in [2.24, 2.45) is 18.7 Å². The number of hydrogen-bond donors (Lipinski definition) is 1. The lowest BCUT2D eigenvalue weighted by Gasteiger charge is -2.16. The molecule has 1 aromatic heterocycles. The first-order chi connectivity index (χ1) is 11.6. The lowest BCUT2D eigenvalue weighted by atomic mass is 9.90. The van der Waals surface area contributed by atoms with Crippen molar-refractivity contribution in [3.05, 3.63) is 53.3 Å². The van der Waals surface area contributed by atoms with Gasteiger partial charge in [0.05, 0.1) is 12.1 Å². The van der Waals surface area contributed by atoms with Gasteiger partial charge in [-0.2, -0.15) is 5.10 Å². The van der Waals surface area contributed by atoms with Gasteiger partial charge in [-0.05, 0) is 29.5 Å². The second-order valence-electron chi connectivity index (χ2n) is 6.69. The van der Waals surface area contributed by atoms with E-state index >= 15 is 0 Å². The van der Waals surface area contributed by atoms with Crippen molar-refractivity contribution in [2.45, 2.75) is 25.7 Å². The van der Waals surface area contributed by atoms with Crippen LogP contribution in [0.2, 0.25) is 0 Å². The highest BCUT2D eigenvalue weighted by atomic mass is 16.1. The van der Waals surface area contributed by atoms with E-state index in [0.29, 0.717) is 0 Å². The number of carbonyl (C=O) groups excluding carboxylic acids is 1. The highest BCUT2D eigenvalue weighted by molar-refractivity contribution is 5.78. The molecular formula is C19H26N4O. The number of nitrogens with two attached hydrogens (primary N) is 1. The minimum absolute atomic E-state index is 0.129. The van der Waals surface area contributed by atoms with Crippen LogP contribution in [0.5, 0.6) is 0 Å². The predicted octanol–water partition coefficient (Wildman–Crippen LogP) is 1.73. The Morgan fingerprint density at radius 1 is 1.29 bits per heavy atom. The molecule has 0 unspecified atom stereocenters. The molecule has 1 fully saturated rings. The van der Waals surface area contributed by atoms with Crippen molar-refractivity contribution < 1.29 is 4.79 Å². The number of carbonyl (C=O) groups is 1. The smallest absolute Gasteiger partial charge is 0.222 e. The maximum absolute atomic E-state index is 11.9. The van der Waals surface area contributed by atoms with E-state index in [1.165, 1.54) is 11.1 Å². The molecule has 3 rings (SSSR count). The molecule has 2 heterocycles. The van der Waals surface area contributed by atoms with Crippen LogP contribution in [0.1, 0.15) is 29.5 Å². The average Bonchev–Trinajstić information content (AvgIpc) is 3.19. The molecule has 5 nitrogen and oxygen atoms in total. The van der Waals surface area contributed by atoms with Crippen LogP contribution < -0.4 is 5.73 Å². The summed E-state index contributed by atoms with van der Waals surface area (Å²) < 4.78 is 1.79. The predicted molar refractivity (Wildman–Crippen MR) is 94.6 cm³/mol. The van der Waals surface area contributed by atoms with Crippen LogP contribution >= 0.6 is 0 Å². The summed E-state index contributed by atoms with van der Waals surface area (Å²) in [5, 5.41) is 4.24. The summed E-state index contributed by atoms with van der Waals surface area (Å²) in [6.45, 7) is 4.75. The molecule has 1 aliphatic rings. The Morgan fingerprint density at radius 2 is 2.04 bits per heavy atom. The number of benzene rings is 1. The van der Waals surface area contributed by atoms with E-state index in [9.17, 15) is 4.79 Å². The summed E-state index contributed by atoms with van der Waals surface area (Å²) in [7, 11) is 1.90. The van der Waals surface area contributed by atoms with E-state index in [0.717, 1.165) is 38.0 Å². The monoisotopic (exact) mass is 326 g/mol. The van der Waals surface area contributed by atoms with Crippen LogP contribution in [0.4, 0.5) is 0 Å². The van der Waals surface area contributed by atoms with E-state index in [2.05, 4.69) is 41.2 Å². The number of likely N-dealkylation sites (tertiary alicyclic amines) is 1. The van der Waals surface area contributed by atoms with Gasteiger partial charge in [-0.1, -0.05) is 31.2 Å². The Bertz CT molecular complexity index is 709. The van der Waals surface area contributed by atoms with Crippen LogP contribution in [0.25, 0.3) is 0 Å². The highest BCUT2D eigenvalue weighted by Crippen LogP contribution is 2.32. The number of primary amides is 1. The van der Waals surface area contributed by atoms with E-state index in [4.69, 9.17) is 5.73 Å². The number of aryl methyl sites for hydroxylation is 2. The van der Waals surface area contributed by atoms with Crippen LogP contribution in [-0.4, -0.2) is 40.2 Å². The van der Waals surface area contributed by atoms with Crippen molar-refractivity contribution in [3.8, 4) is 0 Å². The average molecular weight is 326 g/mol. The molecule has 1 amide bonds. The van der Waals surface area contributed by atoms with Crippen molar-refractivity contribution in [2.75, 3.05) is 19.6 Å². The van der Waals surface area contributed by atoms with Gasteiger partial charge in [0.15, 0.2) is 0 Å². The van der Waals surface area contributed by atoms with Gasteiger partial charge in [-0.25, -0.2) is 0 Å². The number of amides is 1. The highest BCUT2D eigenvalue weighted by Gasteiger charge is 2.37. The Balaban J connectivity index is 1.68. The Morgan fingerprint density at radius 3 is 2.67 bits per heavy atom. The zero-order valence-electron chi connectivity index (χ0n) is 14.5. The zero-order chi connectivity index (χ0) is 17.1. The molecule has 1 saturated heterocycles. The van der Waals surface area contributed by atoms with Gasteiger partial charge in [0.1, 0.15) is 0 Å². The maximum atomic E-state index is 11.9. The third-order valence-corrected chi connectivity index (χ3v) is 5.11. The first-order valence-electron chi connectivity index (χ1n) is 8.65. The standard InChI is InChI=1S/C19H26N4O/c1-3-14-6-4-5-7-15(14)8-9-23-12-17(18(13-23)19(20)24)16-10-21-22(2)11-16/h4-7,10-11,17-18H,3,8-9,12-13H2,1-2H3,(H2,20,24)/t17-,18+/m1/s1. The normalized spacial score (nSPS) is 21.2. The summed E-state index contributed by atoms with van der Waals surface area (Å²) in [5.74, 6) is -0.187. The van der Waals surface area contributed by atoms with Gasteiger partial charge in [0, 0.05) is 38.8 Å². The van der Waals surface area contributed by atoms with E-state index in [1.807, 2.05) is 19.4 Å². The van der Waals surface area contributed by atoms with E-state index in [1.54, 1.807) is 4.68 Å². The van der Waals surface area contributed by atoms with Gasteiger partial charge in [0.25, 0.3) is 0 Å². The molecule has 5 heteroatoms. The third-order valence-electron chi connectivity index (χ3n) is 5.11. The molecule has 0 bridgehead atoms. The number of rotatable bonds is 6.